The Kier molecular flexibility index (Phi) is 4.63. The Balaban J connectivity index is 2.03. The highest BCUT2D eigenvalue weighted by Crippen LogP contribution is 2.23. The summed E-state index contributed by atoms with van der Waals surface area (Å²) in [7, 11) is 0. The second-order valence-electron chi connectivity index (χ2n) is 5.16. The first kappa shape index (κ1) is 12.9. The molecule has 2 rings (SSSR count). The van der Waals surface area contributed by atoms with Crippen molar-refractivity contribution in [2.24, 2.45) is 5.92 Å². The summed E-state index contributed by atoms with van der Waals surface area (Å²) in [4.78, 5) is 0. The van der Waals surface area contributed by atoms with Crippen molar-refractivity contribution in [1.82, 2.24) is 0 Å². The van der Waals surface area contributed by atoms with Crippen LogP contribution in [0, 0.1) is 5.92 Å². The predicted molar refractivity (Wildman–Crippen MR) is 81.1 cm³/mol. The molecule has 0 saturated heterocycles. The van der Waals surface area contributed by atoms with Crippen molar-refractivity contribution < 1.29 is 0 Å². The summed E-state index contributed by atoms with van der Waals surface area (Å²) in [5, 5.41) is 6.23. The van der Waals surface area contributed by atoms with Gasteiger partial charge in [0.05, 0.1) is 0 Å². The van der Waals surface area contributed by atoms with E-state index in [4.69, 9.17) is 0 Å². The molecular weight excluding hydrogens is 218 g/mol. The van der Waals surface area contributed by atoms with Crippen molar-refractivity contribution in [1.29, 1.82) is 0 Å². The lowest BCUT2D eigenvalue weighted by Gasteiger charge is -2.14. The van der Waals surface area contributed by atoms with Crippen LogP contribution >= 0.6 is 0 Å². The van der Waals surface area contributed by atoms with Crippen molar-refractivity contribution >= 4 is 16.5 Å². The first-order valence-electron chi connectivity index (χ1n) is 7.03. The monoisotopic (exact) mass is 241 g/mol. The van der Waals surface area contributed by atoms with Crippen molar-refractivity contribution in [3.63, 3.8) is 0 Å². The largest absolute Gasteiger partial charge is 0.384 e. The van der Waals surface area contributed by atoms with Gasteiger partial charge in [0.15, 0.2) is 0 Å². The van der Waals surface area contributed by atoms with Gasteiger partial charge in [-0.1, -0.05) is 63.1 Å². The van der Waals surface area contributed by atoms with Gasteiger partial charge in [-0.15, -0.1) is 0 Å². The molecule has 1 heteroatoms. The summed E-state index contributed by atoms with van der Waals surface area (Å²) in [6, 6.07) is 15.0. The van der Waals surface area contributed by atoms with E-state index >= 15 is 0 Å². The summed E-state index contributed by atoms with van der Waals surface area (Å²) < 4.78 is 0. The summed E-state index contributed by atoms with van der Waals surface area (Å²) in [6.45, 7) is 5.65. The number of fused-ring (bicyclic) bond motifs is 1. The van der Waals surface area contributed by atoms with Gasteiger partial charge in [0, 0.05) is 17.6 Å². The van der Waals surface area contributed by atoms with Crippen LogP contribution in [0.3, 0.4) is 0 Å². The Labute approximate surface area is 110 Å². The zero-order valence-corrected chi connectivity index (χ0v) is 11.4. The molecule has 0 heterocycles. The van der Waals surface area contributed by atoms with Gasteiger partial charge in [-0.25, -0.2) is 0 Å². The third kappa shape index (κ3) is 3.25. The quantitative estimate of drug-likeness (QED) is 0.743. The van der Waals surface area contributed by atoms with E-state index in [-0.39, 0.29) is 0 Å². The summed E-state index contributed by atoms with van der Waals surface area (Å²) in [6.07, 6.45) is 3.94. The number of hydrogen-bond donors (Lipinski definition) is 1. The minimum atomic E-state index is 0.740. The molecule has 0 aliphatic heterocycles. The van der Waals surface area contributed by atoms with Crippen LogP contribution in [0.25, 0.3) is 10.8 Å². The van der Waals surface area contributed by atoms with Crippen LogP contribution in [0.5, 0.6) is 0 Å². The van der Waals surface area contributed by atoms with Crippen LogP contribution in [0.4, 0.5) is 5.69 Å². The van der Waals surface area contributed by atoms with E-state index in [0.717, 1.165) is 12.5 Å². The number of hydrogen-bond acceptors (Lipinski definition) is 1. The molecule has 0 bridgehead atoms. The maximum absolute atomic E-state index is 3.60. The normalized spacial score (nSPS) is 12.6. The fraction of sp³-hybridized carbons (Fsp3) is 0.412. The molecule has 2 aromatic rings. The molecule has 0 fully saturated rings. The number of rotatable bonds is 6. The van der Waals surface area contributed by atoms with E-state index in [1.807, 2.05) is 0 Å². The van der Waals surface area contributed by atoms with Crippen LogP contribution < -0.4 is 5.32 Å². The topological polar surface area (TPSA) is 12.0 Å². The molecule has 0 radical (unpaired) electrons. The van der Waals surface area contributed by atoms with Crippen molar-refractivity contribution in [2.45, 2.75) is 33.1 Å². The van der Waals surface area contributed by atoms with E-state index in [1.165, 1.54) is 35.7 Å². The average molecular weight is 241 g/mol. The molecule has 18 heavy (non-hydrogen) atoms. The van der Waals surface area contributed by atoms with E-state index in [1.54, 1.807) is 0 Å². The first-order chi connectivity index (χ1) is 8.81. The molecule has 0 spiro atoms. The van der Waals surface area contributed by atoms with Crippen molar-refractivity contribution in [3.05, 3.63) is 42.5 Å². The Hall–Kier alpha value is -1.50. The fourth-order valence-corrected chi connectivity index (χ4v) is 2.32. The van der Waals surface area contributed by atoms with Crippen LogP contribution in [0.1, 0.15) is 33.1 Å². The van der Waals surface area contributed by atoms with E-state index in [2.05, 4.69) is 61.6 Å². The second kappa shape index (κ2) is 6.44. The van der Waals surface area contributed by atoms with Crippen LogP contribution in [0.2, 0.25) is 0 Å². The third-order valence-corrected chi connectivity index (χ3v) is 3.48. The van der Waals surface area contributed by atoms with Gasteiger partial charge in [0.1, 0.15) is 0 Å². The standard InChI is InChI=1S/C17H23N/c1-3-4-8-14(2)13-18-17-12-7-10-15-9-5-6-11-16(15)17/h5-7,9-12,14,18H,3-4,8,13H2,1-2H3. The number of unbranched alkanes of at least 4 members (excludes halogenated alkanes) is 1. The van der Waals surface area contributed by atoms with Crippen LogP contribution in [0.15, 0.2) is 42.5 Å². The van der Waals surface area contributed by atoms with Gasteiger partial charge < -0.3 is 5.32 Å². The van der Waals surface area contributed by atoms with E-state index < -0.39 is 0 Å². The minimum absolute atomic E-state index is 0.740. The zero-order valence-electron chi connectivity index (χ0n) is 11.4. The smallest absolute Gasteiger partial charge is 0.0419 e. The number of anilines is 1. The molecule has 1 nitrogen and oxygen atoms in total. The van der Waals surface area contributed by atoms with Crippen molar-refractivity contribution in [3.8, 4) is 0 Å². The lowest BCUT2D eigenvalue weighted by Crippen LogP contribution is -2.11. The summed E-state index contributed by atoms with van der Waals surface area (Å²) in [5.74, 6) is 0.740. The molecule has 0 aliphatic rings. The van der Waals surface area contributed by atoms with Crippen LogP contribution in [-0.2, 0) is 0 Å². The van der Waals surface area contributed by atoms with Gasteiger partial charge in [-0.05, 0) is 23.8 Å². The molecule has 1 atom stereocenters. The van der Waals surface area contributed by atoms with Gasteiger partial charge in [-0.3, -0.25) is 0 Å². The predicted octanol–water partition coefficient (Wildman–Crippen LogP) is 5.08. The maximum atomic E-state index is 3.60. The highest BCUT2D eigenvalue weighted by Gasteiger charge is 2.03. The third-order valence-electron chi connectivity index (χ3n) is 3.48. The summed E-state index contributed by atoms with van der Waals surface area (Å²) in [5.41, 5.74) is 1.26. The highest BCUT2D eigenvalue weighted by molar-refractivity contribution is 5.93. The Bertz CT molecular complexity index is 484. The Morgan fingerprint density at radius 2 is 1.83 bits per heavy atom. The van der Waals surface area contributed by atoms with Gasteiger partial charge in [-0.2, -0.15) is 0 Å². The lowest BCUT2D eigenvalue weighted by atomic mass is 10.0. The molecule has 96 valence electrons. The van der Waals surface area contributed by atoms with E-state index in [0.29, 0.717) is 0 Å². The molecule has 1 unspecified atom stereocenters. The van der Waals surface area contributed by atoms with Gasteiger partial charge in [0.2, 0.25) is 0 Å². The molecule has 2 aromatic carbocycles. The Morgan fingerprint density at radius 3 is 2.67 bits per heavy atom. The molecule has 0 amide bonds. The fourth-order valence-electron chi connectivity index (χ4n) is 2.32. The first-order valence-corrected chi connectivity index (χ1v) is 7.03. The highest BCUT2D eigenvalue weighted by atomic mass is 14.9. The SMILES string of the molecule is CCCCC(C)CNc1cccc2ccccc12. The minimum Gasteiger partial charge on any atom is -0.384 e. The lowest BCUT2D eigenvalue weighted by molar-refractivity contribution is 0.529. The van der Waals surface area contributed by atoms with Crippen molar-refractivity contribution in [2.75, 3.05) is 11.9 Å². The van der Waals surface area contributed by atoms with E-state index in [9.17, 15) is 0 Å². The molecule has 0 saturated carbocycles. The second-order valence-corrected chi connectivity index (χ2v) is 5.16. The maximum Gasteiger partial charge on any atom is 0.0419 e. The molecule has 0 aliphatic carbocycles. The molecular formula is C17H23N. The zero-order chi connectivity index (χ0) is 12.8. The van der Waals surface area contributed by atoms with Gasteiger partial charge in [0.25, 0.3) is 0 Å². The van der Waals surface area contributed by atoms with Crippen LogP contribution in [-0.4, -0.2) is 6.54 Å². The van der Waals surface area contributed by atoms with Gasteiger partial charge >= 0.3 is 0 Å². The number of benzene rings is 2. The average Bonchev–Trinajstić information content (AvgIpc) is 2.42. The Morgan fingerprint density at radius 1 is 1.06 bits per heavy atom. The summed E-state index contributed by atoms with van der Waals surface area (Å²) >= 11 is 0. The molecule has 0 aromatic heterocycles. The molecule has 1 N–H and O–H groups in total. The number of nitrogens with one attached hydrogen (secondary N) is 1.